The van der Waals surface area contributed by atoms with Gasteiger partial charge in [0.05, 0.1) is 23.5 Å². The third-order valence-electron chi connectivity index (χ3n) is 5.32. The summed E-state index contributed by atoms with van der Waals surface area (Å²) < 4.78 is 1.85. The van der Waals surface area contributed by atoms with Crippen molar-refractivity contribution in [1.82, 2.24) is 19.4 Å². The number of para-hydroxylation sites is 1. The van der Waals surface area contributed by atoms with Crippen LogP contribution in [0.2, 0.25) is 5.02 Å². The van der Waals surface area contributed by atoms with E-state index in [9.17, 15) is 9.59 Å². The molecule has 1 aliphatic heterocycles. The number of nitrogens with zero attached hydrogens (tertiary/aromatic N) is 4. The number of rotatable bonds is 5. The number of imidazole rings is 1. The van der Waals surface area contributed by atoms with Crippen molar-refractivity contribution in [2.45, 2.75) is 39.4 Å². The van der Waals surface area contributed by atoms with Crippen molar-refractivity contribution in [3.63, 3.8) is 0 Å². The van der Waals surface area contributed by atoms with Crippen LogP contribution < -0.4 is 5.32 Å². The lowest BCUT2D eigenvalue weighted by atomic mass is 10.1. The normalized spacial score (nSPS) is 14.3. The summed E-state index contributed by atoms with van der Waals surface area (Å²) in [5.41, 5.74) is 1.06. The minimum absolute atomic E-state index is 0.0458. The van der Waals surface area contributed by atoms with Crippen molar-refractivity contribution in [2.75, 3.05) is 25.5 Å². The zero-order valence-corrected chi connectivity index (χ0v) is 18.6. The van der Waals surface area contributed by atoms with Crippen LogP contribution in [0.25, 0.3) is 0 Å². The maximum atomic E-state index is 12.7. The number of aromatic nitrogens is 2. The van der Waals surface area contributed by atoms with Gasteiger partial charge in [0.25, 0.3) is 5.91 Å². The fourth-order valence-electron chi connectivity index (χ4n) is 3.07. The molecule has 0 saturated heterocycles. The van der Waals surface area contributed by atoms with Gasteiger partial charge in [0.1, 0.15) is 11.5 Å². The maximum Gasteiger partial charge on any atom is 0.273 e. The summed E-state index contributed by atoms with van der Waals surface area (Å²) in [6, 6.07) is 7.08. The Kier molecular flexibility index (Phi) is 6.63. The highest BCUT2D eigenvalue weighted by Crippen LogP contribution is 2.22. The third kappa shape index (κ3) is 5.09. The zero-order valence-electron chi connectivity index (χ0n) is 17.9. The van der Waals surface area contributed by atoms with Gasteiger partial charge in [-0.1, -0.05) is 29.8 Å². The smallest absolute Gasteiger partial charge is 0.273 e. The number of benzene rings is 1. The zero-order chi connectivity index (χ0) is 21.9. The summed E-state index contributed by atoms with van der Waals surface area (Å²) in [7, 11) is 2.03. The van der Waals surface area contributed by atoms with Gasteiger partial charge in [-0.25, -0.2) is 4.98 Å². The first-order valence-electron chi connectivity index (χ1n) is 9.94. The number of nitrogens with one attached hydrogen (secondary N) is 1. The van der Waals surface area contributed by atoms with E-state index in [1.165, 1.54) is 0 Å². The molecule has 0 saturated carbocycles. The van der Waals surface area contributed by atoms with Gasteiger partial charge in [-0.05, 0) is 40.0 Å². The first-order chi connectivity index (χ1) is 14.2. The van der Waals surface area contributed by atoms with E-state index in [0.29, 0.717) is 48.4 Å². The Morgan fingerprint density at radius 2 is 2.00 bits per heavy atom. The van der Waals surface area contributed by atoms with E-state index < -0.39 is 0 Å². The molecule has 0 unspecified atom stereocenters. The highest BCUT2D eigenvalue weighted by atomic mass is 35.5. The first-order valence-corrected chi connectivity index (χ1v) is 10.3. The van der Waals surface area contributed by atoms with Crippen LogP contribution in [0.4, 0.5) is 5.69 Å². The van der Waals surface area contributed by atoms with E-state index >= 15 is 0 Å². The van der Waals surface area contributed by atoms with E-state index in [-0.39, 0.29) is 17.4 Å². The van der Waals surface area contributed by atoms with Crippen LogP contribution >= 0.6 is 11.6 Å². The number of halogens is 1. The van der Waals surface area contributed by atoms with Crippen molar-refractivity contribution in [1.29, 1.82) is 0 Å². The van der Waals surface area contributed by atoms with Gasteiger partial charge in [-0.3, -0.25) is 14.5 Å². The molecule has 3 rings (SSSR count). The molecule has 0 atom stereocenters. The van der Waals surface area contributed by atoms with Crippen LogP contribution in [0.3, 0.4) is 0 Å². The number of hydrogen-bond acceptors (Lipinski definition) is 4. The maximum absolute atomic E-state index is 12.7. The van der Waals surface area contributed by atoms with Gasteiger partial charge < -0.3 is 14.8 Å². The lowest BCUT2D eigenvalue weighted by molar-refractivity contribution is -0.127. The predicted octanol–water partition coefficient (Wildman–Crippen LogP) is 3.42. The summed E-state index contributed by atoms with van der Waals surface area (Å²) in [5.74, 6) is 0.375. The number of hydrogen-bond donors (Lipinski definition) is 1. The van der Waals surface area contributed by atoms with Crippen LogP contribution in [0, 0.1) is 0 Å². The lowest BCUT2D eigenvalue weighted by Crippen LogP contribution is -2.39. The average molecular weight is 430 g/mol. The van der Waals surface area contributed by atoms with Gasteiger partial charge in [-0.15, -0.1) is 0 Å². The van der Waals surface area contributed by atoms with Crippen molar-refractivity contribution in [3.05, 3.63) is 59.2 Å². The Labute approximate surface area is 182 Å². The fraction of sp³-hybridized carbons (Fsp3) is 0.409. The molecule has 1 N–H and O–H groups in total. The Hall–Kier alpha value is -2.64. The monoisotopic (exact) mass is 429 g/mol. The molecule has 2 heterocycles. The second kappa shape index (κ2) is 9.02. The molecular formula is C22H28ClN5O2. The SMILES string of the molecule is CN(C/C=C/C(=O)N1CCn2c(C(=O)Nc3ccccc3Cl)cnc2C1)C(C)(C)C. The van der Waals surface area contributed by atoms with E-state index in [2.05, 4.69) is 36.0 Å². The van der Waals surface area contributed by atoms with E-state index in [0.717, 1.165) is 0 Å². The van der Waals surface area contributed by atoms with E-state index in [1.807, 2.05) is 23.8 Å². The molecule has 7 nitrogen and oxygen atoms in total. The van der Waals surface area contributed by atoms with Gasteiger partial charge in [0, 0.05) is 31.2 Å². The van der Waals surface area contributed by atoms with Crippen LogP contribution in [-0.2, 0) is 17.9 Å². The molecule has 0 aliphatic carbocycles. The van der Waals surface area contributed by atoms with Gasteiger partial charge in [0.2, 0.25) is 5.91 Å². The largest absolute Gasteiger partial charge is 0.330 e. The van der Waals surface area contributed by atoms with Crippen LogP contribution in [0.15, 0.2) is 42.6 Å². The fourth-order valence-corrected chi connectivity index (χ4v) is 3.25. The molecule has 30 heavy (non-hydrogen) atoms. The number of fused-ring (bicyclic) bond motifs is 1. The van der Waals surface area contributed by atoms with Crippen molar-refractivity contribution in [3.8, 4) is 0 Å². The molecular weight excluding hydrogens is 402 g/mol. The molecule has 2 amide bonds. The van der Waals surface area contributed by atoms with Crippen LogP contribution in [-0.4, -0.2) is 56.8 Å². The number of carbonyl (C=O) groups excluding carboxylic acids is 2. The van der Waals surface area contributed by atoms with Gasteiger partial charge in [-0.2, -0.15) is 0 Å². The highest BCUT2D eigenvalue weighted by molar-refractivity contribution is 6.33. The number of likely N-dealkylation sites (N-methyl/N-ethyl adjacent to an activating group) is 1. The van der Waals surface area contributed by atoms with E-state index in [4.69, 9.17) is 11.6 Å². The second-order valence-electron chi connectivity index (χ2n) is 8.36. The Morgan fingerprint density at radius 3 is 2.70 bits per heavy atom. The van der Waals surface area contributed by atoms with Gasteiger partial charge >= 0.3 is 0 Å². The summed E-state index contributed by atoms with van der Waals surface area (Å²) >= 11 is 6.12. The lowest BCUT2D eigenvalue weighted by Gasteiger charge is -2.31. The summed E-state index contributed by atoms with van der Waals surface area (Å²) in [6.45, 7) is 8.50. The van der Waals surface area contributed by atoms with Crippen molar-refractivity contribution < 1.29 is 9.59 Å². The van der Waals surface area contributed by atoms with Crippen molar-refractivity contribution >= 4 is 29.1 Å². The summed E-state index contributed by atoms with van der Waals surface area (Å²) in [4.78, 5) is 33.5. The quantitative estimate of drug-likeness (QED) is 0.739. The molecule has 0 fully saturated rings. The highest BCUT2D eigenvalue weighted by Gasteiger charge is 2.25. The summed E-state index contributed by atoms with van der Waals surface area (Å²) in [5, 5.41) is 3.30. The number of amides is 2. The molecule has 1 aromatic heterocycles. The topological polar surface area (TPSA) is 70.5 Å². The standard InChI is InChI=1S/C22H28ClN5O2/c1-22(2,3)26(4)11-7-10-20(29)27-12-13-28-18(14-24-19(28)15-27)21(30)25-17-9-6-5-8-16(17)23/h5-10,14H,11-13,15H2,1-4H3,(H,25,30)/b10-7+. The predicted molar refractivity (Wildman–Crippen MR) is 119 cm³/mol. The Morgan fingerprint density at radius 1 is 1.27 bits per heavy atom. The molecule has 0 spiro atoms. The number of anilines is 1. The second-order valence-corrected chi connectivity index (χ2v) is 8.77. The van der Waals surface area contributed by atoms with Crippen LogP contribution in [0.5, 0.6) is 0 Å². The molecule has 1 aromatic carbocycles. The third-order valence-corrected chi connectivity index (χ3v) is 5.64. The minimum atomic E-state index is -0.272. The minimum Gasteiger partial charge on any atom is -0.330 e. The first kappa shape index (κ1) is 22.1. The molecule has 8 heteroatoms. The Bertz CT molecular complexity index is 961. The average Bonchev–Trinajstić information content (AvgIpc) is 3.12. The molecule has 1 aliphatic rings. The van der Waals surface area contributed by atoms with E-state index in [1.54, 1.807) is 35.4 Å². The Balaban J connectivity index is 1.62. The molecule has 0 radical (unpaired) electrons. The summed E-state index contributed by atoms with van der Waals surface area (Å²) in [6.07, 6.45) is 5.05. The number of carbonyl (C=O) groups is 2. The molecule has 160 valence electrons. The van der Waals surface area contributed by atoms with Crippen molar-refractivity contribution in [2.24, 2.45) is 0 Å². The molecule has 0 bridgehead atoms. The molecule has 2 aromatic rings. The van der Waals surface area contributed by atoms with Gasteiger partial charge in [0.15, 0.2) is 0 Å². The van der Waals surface area contributed by atoms with Crippen LogP contribution in [0.1, 0.15) is 37.1 Å².